The van der Waals surface area contributed by atoms with Gasteiger partial charge >= 0.3 is 0 Å². The average molecular weight is 440 g/mol. The highest BCUT2D eigenvalue weighted by Gasteiger charge is 2.14. The summed E-state index contributed by atoms with van der Waals surface area (Å²) in [7, 11) is 0. The fourth-order valence-electron chi connectivity index (χ4n) is 3.11. The third-order valence-electron chi connectivity index (χ3n) is 4.70. The highest BCUT2D eigenvalue weighted by Crippen LogP contribution is 2.33. The first-order chi connectivity index (χ1) is 15.1. The lowest BCUT2D eigenvalue weighted by atomic mass is 10.1. The van der Waals surface area contributed by atoms with Crippen LogP contribution in [0.1, 0.15) is 23.6 Å². The minimum absolute atomic E-state index is 0.250. The van der Waals surface area contributed by atoms with Crippen LogP contribution in [0, 0.1) is 5.82 Å². The average Bonchev–Trinajstić information content (AvgIpc) is 3.26. The lowest BCUT2D eigenvalue weighted by molar-refractivity contribution is 0.174. The zero-order valence-corrected chi connectivity index (χ0v) is 17.8. The second-order valence-electron chi connectivity index (χ2n) is 6.88. The van der Waals surface area contributed by atoms with Gasteiger partial charge in [-0.1, -0.05) is 30.4 Å². The molecular formula is C24H22FNO4S. The topological polar surface area (TPSA) is 49.0 Å². The molecule has 5 nitrogen and oxygen atoms in total. The summed E-state index contributed by atoms with van der Waals surface area (Å²) < 4.78 is 35.5. The van der Waals surface area contributed by atoms with Crippen LogP contribution in [0.25, 0.3) is 0 Å². The molecule has 1 N–H and O–H groups in total. The van der Waals surface area contributed by atoms with Crippen molar-refractivity contribution in [2.45, 2.75) is 20.1 Å². The minimum Gasteiger partial charge on any atom is -0.490 e. The molecule has 0 amide bonds. The third kappa shape index (κ3) is 5.24. The van der Waals surface area contributed by atoms with E-state index < -0.39 is 0 Å². The van der Waals surface area contributed by atoms with Gasteiger partial charge in [0.2, 0.25) is 6.79 Å². The first-order valence-electron chi connectivity index (χ1n) is 9.93. The Bertz CT molecular complexity index is 1070. The van der Waals surface area contributed by atoms with Crippen molar-refractivity contribution < 1.29 is 23.3 Å². The first-order valence-corrected chi connectivity index (χ1v) is 10.3. The molecule has 1 heterocycles. The van der Waals surface area contributed by atoms with E-state index in [1.165, 1.54) is 12.1 Å². The summed E-state index contributed by atoms with van der Waals surface area (Å²) in [5.41, 5.74) is 2.73. The Labute approximate surface area is 185 Å². The van der Waals surface area contributed by atoms with Gasteiger partial charge in [0, 0.05) is 12.1 Å². The molecule has 160 valence electrons. The van der Waals surface area contributed by atoms with Gasteiger partial charge < -0.3 is 24.3 Å². The SMILES string of the molecule is CCOc1cc(C(=S)NCc2ccc3c(c2)OCO3)ccc1OCc1ccc(F)cc1. The summed E-state index contributed by atoms with van der Waals surface area (Å²) in [5.74, 6) is 2.43. The minimum atomic E-state index is -0.273. The van der Waals surface area contributed by atoms with Crippen molar-refractivity contribution in [3.8, 4) is 23.0 Å². The van der Waals surface area contributed by atoms with Gasteiger partial charge in [0.1, 0.15) is 17.4 Å². The van der Waals surface area contributed by atoms with E-state index in [1.807, 2.05) is 43.3 Å². The number of thiocarbonyl (C=S) groups is 1. The largest absolute Gasteiger partial charge is 0.490 e. The zero-order chi connectivity index (χ0) is 21.6. The molecule has 0 unspecified atom stereocenters. The summed E-state index contributed by atoms with van der Waals surface area (Å²) in [6.45, 7) is 3.52. The molecule has 4 rings (SSSR count). The number of hydrogen-bond acceptors (Lipinski definition) is 5. The third-order valence-corrected chi connectivity index (χ3v) is 5.08. The number of rotatable bonds is 8. The van der Waals surface area contributed by atoms with Crippen molar-refractivity contribution in [1.29, 1.82) is 0 Å². The molecule has 0 saturated heterocycles. The molecule has 0 fully saturated rings. The fraction of sp³-hybridized carbons (Fsp3) is 0.208. The molecular weight excluding hydrogens is 417 g/mol. The molecule has 1 aliphatic rings. The van der Waals surface area contributed by atoms with Crippen molar-refractivity contribution >= 4 is 17.2 Å². The Morgan fingerprint density at radius 1 is 0.935 bits per heavy atom. The van der Waals surface area contributed by atoms with Crippen LogP contribution in [0.15, 0.2) is 60.7 Å². The molecule has 7 heteroatoms. The Kier molecular flexibility index (Phi) is 6.52. The maximum absolute atomic E-state index is 13.1. The van der Waals surface area contributed by atoms with Gasteiger partial charge in [-0.25, -0.2) is 4.39 Å². The summed E-state index contributed by atoms with van der Waals surface area (Å²) >= 11 is 5.56. The van der Waals surface area contributed by atoms with Crippen LogP contribution in [0.5, 0.6) is 23.0 Å². The van der Waals surface area contributed by atoms with Gasteiger partial charge in [0.25, 0.3) is 0 Å². The molecule has 0 atom stereocenters. The van der Waals surface area contributed by atoms with Gasteiger partial charge in [-0.05, 0) is 60.5 Å². The Morgan fingerprint density at radius 3 is 2.52 bits per heavy atom. The Morgan fingerprint density at radius 2 is 1.71 bits per heavy atom. The lowest BCUT2D eigenvalue weighted by Crippen LogP contribution is -2.21. The normalized spacial score (nSPS) is 11.8. The van der Waals surface area contributed by atoms with Gasteiger partial charge in [0.15, 0.2) is 23.0 Å². The van der Waals surface area contributed by atoms with Crippen molar-refractivity contribution in [2.75, 3.05) is 13.4 Å². The van der Waals surface area contributed by atoms with Crippen LogP contribution >= 0.6 is 12.2 Å². The lowest BCUT2D eigenvalue weighted by Gasteiger charge is -2.15. The number of nitrogens with one attached hydrogen (secondary N) is 1. The van der Waals surface area contributed by atoms with Crippen molar-refractivity contribution in [3.05, 3.63) is 83.2 Å². The van der Waals surface area contributed by atoms with Crippen LogP contribution in [0.3, 0.4) is 0 Å². The fourth-order valence-corrected chi connectivity index (χ4v) is 3.31. The predicted octanol–water partition coefficient (Wildman–Crippen LogP) is 5.00. The summed E-state index contributed by atoms with van der Waals surface area (Å²) in [5, 5.41) is 3.26. The summed E-state index contributed by atoms with van der Waals surface area (Å²) in [6.07, 6.45) is 0. The molecule has 1 aliphatic heterocycles. The number of benzene rings is 3. The smallest absolute Gasteiger partial charge is 0.231 e. The van der Waals surface area contributed by atoms with Crippen LogP contribution < -0.4 is 24.3 Å². The number of fused-ring (bicyclic) bond motifs is 1. The number of hydrogen-bond donors (Lipinski definition) is 1. The van der Waals surface area contributed by atoms with Gasteiger partial charge in [-0.15, -0.1) is 0 Å². The van der Waals surface area contributed by atoms with E-state index in [9.17, 15) is 4.39 Å². The first kappa shape index (κ1) is 20.9. The molecule has 0 aliphatic carbocycles. The highest BCUT2D eigenvalue weighted by atomic mass is 32.1. The van der Waals surface area contributed by atoms with E-state index in [2.05, 4.69) is 5.32 Å². The number of ether oxygens (including phenoxy) is 4. The van der Waals surface area contributed by atoms with Crippen molar-refractivity contribution in [3.63, 3.8) is 0 Å². The molecule has 0 aromatic heterocycles. The monoisotopic (exact) mass is 439 g/mol. The van der Waals surface area contributed by atoms with Crippen LogP contribution in [-0.4, -0.2) is 18.4 Å². The van der Waals surface area contributed by atoms with Gasteiger partial charge in [-0.3, -0.25) is 0 Å². The maximum atomic E-state index is 13.1. The molecule has 0 bridgehead atoms. The van der Waals surface area contributed by atoms with E-state index in [0.29, 0.717) is 36.2 Å². The molecule has 0 saturated carbocycles. The second-order valence-corrected chi connectivity index (χ2v) is 7.29. The van der Waals surface area contributed by atoms with Crippen molar-refractivity contribution in [2.24, 2.45) is 0 Å². The van der Waals surface area contributed by atoms with Crippen molar-refractivity contribution in [1.82, 2.24) is 5.32 Å². The standard InChI is InChI=1S/C24H22FNO4S/c1-2-27-23-12-18(6-10-20(23)28-14-16-3-7-19(25)8-4-16)24(31)26-13-17-5-9-21-22(11-17)30-15-29-21/h3-12H,2,13-15H2,1H3,(H,26,31). The molecule has 3 aromatic carbocycles. The number of halogens is 1. The molecule has 0 spiro atoms. The molecule has 0 radical (unpaired) electrons. The summed E-state index contributed by atoms with van der Waals surface area (Å²) in [4.78, 5) is 0.601. The van der Waals surface area contributed by atoms with Crippen LogP contribution in [0.4, 0.5) is 4.39 Å². The predicted molar refractivity (Wildman–Crippen MR) is 119 cm³/mol. The molecule has 31 heavy (non-hydrogen) atoms. The van der Waals surface area contributed by atoms with E-state index in [-0.39, 0.29) is 12.6 Å². The van der Waals surface area contributed by atoms with E-state index in [0.717, 1.165) is 28.2 Å². The quantitative estimate of drug-likeness (QED) is 0.499. The van der Waals surface area contributed by atoms with Gasteiger partial charge in [0.05, 0.1) is 6.61 Å². The Hall–Kier alpha value is -3.32. The highest BCUT2D eigenvalue weighted by molar-refractivity contribution is 7.80. The van der Waals surface area contributed by atoms with Crippen LogP contribution in [0.2, 0.25) is 0 Å². The van der Waals surface area contributed by atoms with E-state index >= 15 is 0 Å². The van der Waals surface area contributed by atoms with Crippen LogP contribution in [-0.2, 0) is 13.2 Å². The second kappa shape index (κ2) is 9.66. The molecule has 3 aromatic rings. The Balaban J connectivity index is 1.41. The zero-order valence-electron chi connectivity index (χ0n) is 17.0. The maximum Gasteiger partial charge on any atom is 0.231 e. The van der Waals surface area contributed by atoms with E-state index in [4.69, 9.17) is 31.2 Å². The summed E-state index contributed by atoms with van der Waals surface area (Å²) in [6, 6.07) is 17.6. The van der Waals surface area contributed by atoms with E-state index in [1.54, 1.807) is 12.1 Å². The van der Waals surface area contributed by atoms with Gasteiger partial charge in [-0.2, -0.15) is 0 Å².